The molecule has 0 aliphatic heterocycles. The second-order valence-electron chi connectivity index (χ2n) is 11.2. The van der Waals surface area contributed by atoms with Crippen LogP contribution in [0.2, 0.25) is 8.87 Å². The van der Waals surface area contributed by atoms with Crippen LogP contribution in [0.4, 0.5) is 0 Å². The van der Waals surface area contributed by atoms with E-state index in [2.05, 4.69) is 182 Å². The molecule has 0 bridgehead atoms. The Kier molecular flexibility index (Phi) is 9.62. The minimum atomic E-state index is -3.28. The third-order valence-corrected chi connectivity index (χ3v) is 37.8. The predicted molar refractivity (Wildman–Crippen MR) is 187 cm³/mol. The van der Waals surface area contributed by atoms with Gasteiger partial charge in [0.1, 0.15) is 0 Å². The van der Waals surface area contributed by atoms with Gasteiger partial charge in [-0.15, -0.1) is 0 Å². The van der Waals surface area contributed by atoms with Crippen molar-refractivity contribution in [3.05, 3.63) is 182 Å². The van der Waals surface area contributed by atoms with Crippen molar-refractivity contribution in [1.82, 2.24) is 0 Å². The monoisotopic (exact) mass is 758 g/mol. The van der Waals surface area contributed by atoms with Gasteiger partial charge in [0, 0.05) is 0 Å². The molecule has 0 fully saturated rings. The quantitative estimate of drug-likeness (QED) is 0.111. The van der Waals surface area contributed by atoms with Crippen molar-refractivity contribution in [2.45, 2.75) is 21.7 Å². The second-order valence-corrected chi connectivity index (χ2v) is 34.3. The van der Waals surface area contributed by atoms with Crippen LogP contribution in [-0.4, -0.2) is 36.8 Å². The van der Waals surface area contributed by atoms with Crippen molar-refractivity contribution < 1.29 is 0 Å². The maximum atomic E-state index is 2.41. The number of benzene rings is 6. The summed E-state index contributed by atoms with van der Waals surface area (Å²) in [5.74, 6) is 0. The van der Waals surface area contributed by atoms with Crippen LogP contribution in [0, 0.1) is 0 Å². The average molecular weight is 756 g/mol. The first-order chi connectivity index (χ1) is 20.8. The van der Waals surface area contributed by atoms with Gasteiger partial charge in [-0.3, -0.25) is 0 Å². The van der Waals surface area contributed by atoms with Crippen LogP contribution in [0.15, 0.2) is 182 Å². The van der Waals surface area contributed by atoms with Crippen LogP contribution in [0.25, 0.3) is 0 Å². The number of unbranched alkanes of at least 4 members (excludes halogenated alkanes) is 1. The van der Waals surface area contributed by atoms with Gasteiger partial charge in [0.2, 0.25) is 0 Å². The molecular weight excluding hydrogens is 718 g/mol. The molecule has 0 nitrogen and oxygen atoms in total. The van der Waals surface area contributed by atoms with Crippen LogP contribution in [0.3, 0.4) is 0 Å². The molecule has 0 atom stereocenters. The molecule has 0 aliphatic rings. The number of rotatable bonds is 11. The molecule has 2 heteroatoms. The van der Waals surface area contributed by atoms with Crippen molar-refractivity contribution in [3.63, 3.8) is 0 Å². The molecule has 0 radical (unpaired) electrons. The Morgan fingerprint density at radius 1 is 0.238 bits per heavy atom. The number of hydrogen-bond donors (Lipinski definition) is 0. The summed E-state index contributed by atoms with van der Waals surface area (Å²) in [4.78, 5) is 0. The SMILES string of the molecule is c1cc[c]([Sn]([CH2]CC[CH2][Sn]([c]2ccccc2)([c]2ccccc2)[c]2ccccc2)([c]2ccccc2)[c]2ccccc2)cc1. The Hall–Kier alpha value is -3.08. The van der Waals surface area contributed by atoms with Crippen molar-refractivity contribution in [1.29, 1.82) is 0 Å². The molecule has 0 saturated carbocycles. The van der Waals surface area contributed by atoms with Crippen LogP contribution >= 0.6 is 0 Å². The molecule has 42 heavy (non-hydrogen) atoms. The average Bonchev–Trinajstić information content (AvgIpc) is 3.09. The van der Waals surface area contributed by atoms with E-state index in [9.17, 15) is 0 Å². The third kappa shape index (κ3) is 5.89. The van der Waals surface area contributed by atoms with Crippen LogP contribution in [0.1, 0.15) is 12.8 Å². The van der Waals surface area contributed by atoms with E-state index < -0.39 is 36.8 Å². The molecule has 0 heterocycles. The van der Waals surface area contributed by atoms with Gasteiger partial charge < -0.3 is 0 Å². The molecule has 0 unspecified atom stereocenters. The van der Waals surface area contributed by atoms with E-state index in [-0.39, 0.29) is 0 Å². The van der Waals surface area contributed by atoms with Gasteiger partial charge in [-0.05, 0) is 0 Å². The van der Waals surface area contributed by atoms with Gasteiger partial charge in [-0.25, -0.2) is 0 Å². The first-order valence-electron chi connectivity index (χ1n) is 15.2. The first kappa shape index (κ1) is 29.0. The van der Waals surface area contributed by atoms with Crippen molar-refractivity contribution in [2.24, 2.45) is 0 Å². The summed E-state index contributed by atoms with van der Waals surface area (Å²) in [7, 11) is 0. The topological polar surface area (TPSA) is 0 Å². The summed E-state index contributed by atoms with van der Waals surface area (Å²) < 4.78 is 12.0. The molecule has 206 valence electrons. The van der Waals surface area contributed by atoms with Crippen molar-refractivity contribution in [3.8, 4) is 0 Å². The molecule has 0 aliphatic carbocycles. The van der Waals surface area contributed by atoms with Gasteiger partial charge >= 0.3 is 262 Å². The van der Waals surface area contributed by atoms with Crippen LogP contribution in [-0.2, 0) is 0 Å². The summed E-state index contributed by atoms with van der Waals surface area (Å²) in [5.41, 5.74) is 0. The zero-order valence-corrected chi connectivity index (χ0v) is 29.9. The van der Waals surface area contributed by atoms with Gasteiger partial charge in [0.25, 0.3) is 0 Å². The van der Waals surface area contributed by atoms with Crippen LogP contribution in [0.5, 0.6) is 0 Å². The Morgan fingerprint density at radius 3 is 0.571 bits per heavy atom. The fourth-order valence-electron chi connectivity index (χ4n) is 6.98. The van der Waals surface area contributed by atoms with Crippen molar-refractivity contribution >= 4 is 58.2 Å². The van der Waals surface area contributed by atoms with E-state index in [0.717, 1.165) is 0 Å². The molecule has 0 N–H and O–H groups in total. The van der Waals surface area contributed by atoms with Crippen LogP contribution < -0.4 is 21.5 Å². The summed E-state index contributed by atoms with van der Waals surface area (Å²) in [6.07, 6.45) is 2.47. The third-order valence-electron chi connectivity index (χ3n) is 8.95. The van der Waals surface area contributed by atoms with E-state index in [1.54, 1.807) is 21.5 Å². The zero-order valence-electron chi connectivity index (χ0n) is 24.1. The normalized spacial score (nSPS) is 11.7. The summed E-state index contributed by atoms with van der Waals surface area (Å²) >= 11 is -6.55. The molecule has 0 spiro atoms. The van der Waals surface area contributed by atoms with Crippen molar-refractivity contribution in [2.75, 3.05) is 0 Å². The number of hydrogen-bond acceptors (Lipinski definition) is 0. The molecule has 6 aromatic carbocycles. The Labute approximate surface area is 259 Å². The van der Waals surface area contributed by atoms with E-state index in [0.29, 0.717) is 0 Å². The molecular formula is C40H38Sn2. The first-order valence-corrected chi connectivity index (χ1v) is 27.8. The maximum absolute atomic E-state index is 3.28. The molecule has 6 aromatic rings. The minimum absolute atomic E-state index is 1.24. The molecule has 0 amide bonds. The van der Waals surface area contributed by atoms with E-state index in [4.69, 9.17) is 0 Å². The van der Waals surface area contributed by atoms with E-state index in [1.807, 2.05) is 0 Å². The molecule has 0 saturated heterocycles. The second kappa shape index (κ2) is 13.9. The Balaban J connectivity index is 1.41. The van der Waals surface area contributed by atoms with Gasteiger partial charge in [0.05, 0.1) is 0 Å². The van der Waals surface area contributed by atoms with E-state index >= 15 is 0 Å². The standard InChI is InChI=1S/6C6H5.C4H8.2Sn/c6*1-2-4-6-5-3-1;1-3-4-2;;/h6*1-5H;1-4H2;;. The van der Waals surface area contributed by atoms with Gasteiger partial charge in [-0.2, -0.15) is 0 Å². The van der Waals surface area contributed by atoms with E-state index in [1.165, 1.54) is 21.7 Å². The fourth-order valence-corrected chi connectivity index (χ4v) is 35.1. The Bertz CT molecular complexity index is 1310. The van der Waals surface area contributed by atoms with Gasteiger partial charge in [0.15, 0.2) is 0 Å². The molecule has 0 aromatic heterocycles. The molecule has 6 rings (SSSR count). The van der Waals surface area contributed by atoms with Gasteiger partial charge in [-0.1, -0.05) is 0 Å². The fraction of sp³-hybridized carbons (Fsp3) is 0.100. The zero-order chi connectivity index (χ0) is 28.5. The summed E-state index contributed by atoms with van der Waals surface area (Å²) in [6.45, 7) is 0. The predicted octanol–water partition coefficient (Wildman–Crippen LogP) is 6.11. The summed E-state index contributed by atoms with van der Waals surface area (Å²) in [6, 6.07) is 68.9. The Morgan fingerprint density at radius 2 is 0.405 bits per heavy atom. The summed E-state index contributed by atoms with van der Waals surface area (Å²) in [5, 5.41) is 0.